The van der Waals surface area contributed by atoms with Crippen molar-refractivity contribution in [1.82, 2.24) is 4.40 Å². The minimum atomic E-state index is -3.74. The molecule has 0 radical (unpaired) electrons. The van der Waals surface area contributed by atoms with Crippen LogP contribution in [0, 0.1) is 0 Å². The number of fused-ring (bicyclic) bond motifs is 1. The Hall–Kier alpha value is -3.18. The van der Waals surface area contributed by atoms with Crippen LogP contribution < -0.4 is 10.0 Å². The molecule has 4 rings (SSSR count). The molecule has 0 saturated heterocycles. The van der Waals surface area contributed by atoms with Gasteiger partial charge in [0, 0.05) is 17.3 Å². The largest absolute Gasteiger partial charge is 0.497 e. The molecule has 0 unspecified atom stereocenters. The van der Waals surface area contributed by atoms with Gasteiger partial charge in [0.1, 0.15) is 11.4 Å². The molecular formula is C26H26NO5P. The summed E-state index contributed by atoms with van der Waals surface area (Å²) in [4.78, 5) is 13.9. The number of benzene rings is 2. The van der Waals surface area contributed by atoms with Crippen molar-refractivity contribution in [2.24, 2.45) is 0 Å². The van der Waals surface area contributed by atoms with Crippen LogP contribution in [0.3, 0.4) is 0 Å². The Morgan fingerprint density at radius 3 is 2.12 bits per heavy atom. The van der Waals surface area contributed by atoms with E-state index in [0.29, 0.717) is 33.4 Å². The maximum Gasteiger partial charge on any atom is 0.364 e. The number of carbonyl (C=O) groups excluding carboxylic acids is 1. The molecule has 0 aliphatic carbocycles. The van der Waals surface area contributed by atoms with Gasteiger partial charge in [-0.05, 0) is 55.8 Å². The van der Waals surface area contributed by atoms with E-state index >= 15 is 0 Å². The van der Waals surface area contributed by atoms with Gasteiger partial charge in [0.15, 0.2) is 0 Å². The van der Waals surface area contributed by atoms with Crippen molar-refractivity contribution in [2.75, 3.05) is 20.3 Å². The summed E-state index contributed by atoms with van der Waals surface area (Å²) in [6.07, 6.45) is 1.80. The predicted molar refractivity (Wildman–Crippen MR) is 130 cm³/mol. The minimum absolute atomic E-state index is 0.205. The smallest absolute Gasteiger partial charge is 0.364 e. The molecule has 4 aromatic rings. The molecule has 0 amide bonds. The van der Waals surface area contributed by atoms with Crippen molar-refractivity contribution >= 4 is 24.2 Å². The molecule has 2 aromatic carbocycles. The zero-order valence-electron chi connectivity index (χ0n) is 18.9. The van der Waals surface area contributed by atoms with E-state index in [1.54, 1.807) is 55.8 Å². The standard InChI is InChI=1S/C26H26NO5P/c1-4-31-33(29,32-5-2)26-22-13-9-10-18-27(22)24(23(26)19-11-7-6-8-12-19)25(28)20-14-16-21(30-3)17-15-20/h6-18H,4-5H2,1-3H3. The van der Waals surface area contributed by atoms with Gasteiger partial charge in [-0.3, -0.25) is 9.36 Å². The summed E-state index contributed by atoms with van der Waals surface area (Å²) < 4.78 is 32.6. The first-order valence-electron chi connectivity index (χ1n) is 10.8. The molecule has 0 aliphatic heterocycles. The van der Waals surface area contributed by atoms with E-state index in [1.165, 1.54) is 0 Å². The third kappa shape index (κ3) is 4.25. The molecule has 0 N–H and O–H groups in total. The highest BCUT2D eigenvalue weighted by Crippen LogP contribution is 2.52. The monoisotopic (exact) mass is 463 g/mol. The second kappa shape index (κ2) is 9.75. The number of rotatable bonds is 9. The molecule has 0 saturated carbocycles. The maximum atomic E-state index is 14.1. The summed E-state index contributed by atoms with van der Waals surface area (Å²) in [6.45, 7) is 3.96. The molecule has 0 aliphatic rings. The molecular weight excluding hydrogens is 437 g/mol. The van der Waals surface area contributed by atoms with E-state index in [4.69, 9.17) is 13.8 Å². The topological polar surface area (TPSA) is 66.2 Å². The van der Waals surface area contributed by atoms with Crippen molar-refractivity contribution in [3.8, 4) is 16.9 Å². The summed E-state index contributed by atoms with van der Waals surface area (Å²) >= 11 is 0. The van der Waals surface area contributed by atoms with Gasteiger partial charge >= 0.3 is 7.60 Å². The third-order valence-electron chi connectivity index (χ3n) is 5.32. The van der Waals surface area contributed by atoms with Crippen LogP contribution in [-0.4, -0.2) is 30.5 Å². The van der Waals surface area contributed by atoms with Crippen molar-refractivity contribution in [2.45, 2.75) is 13.8 Å². The first-order chi connectivity index (χ1) is 16.0. The van der Waals surface area contributed by atoms with E-state index in [0.717, 1.165) is 5.56 Å². The van der Waals surface area contributed by atoms with Crippen molar-refractivity contribution in [3.63, 3.8) is 0 Å². The zero-order chi connectivity index (χ0) is 23.4. The summed E-state index contributed by atoms with van der Waals surface area (Å²) in [5.74, 6) is 0.455. The number of pyridine rings is 1. The van der Waals surface area contributed by atoms with Crippen LogP contribution in [0.2, 0.25) is 0 Å². The summed E-state index contributed by atoms with van der Waals surface area (Å²) in [6, 6.07) is 21.9. The van der Waals surface area contributed by atoms with E-state index in [2.05, 4.69) is 0 Å². The molecule has 0 fully saturated rings. The van der Waals surface area contributed by atoms with Crippen LogP contribution in [0.4, 0.5) is 0 Å². The molecule has 7 heteroatoms. The zero-order valence-corrected chi connectivity index (χ0v) is 19.7. The van der Waals surface area contributed by atoms with Gasteiger partial charge in [0.05, 0.1) is 31.1 Å². The fraction of sp³-hybridized carbons (Fsp3) is 0.192. The third-order valence-corrected chi connectivity index (χ3v) is 7.52. The van der Waals surface area contributed by atoms with Crippen LogP contribution in [0.5, 0.6) is 5.75 Å². The van der Waals surface area contributed by atoms with Crippen LogP contribution in [0.25, 0.3) is 16.6 Å². The summed E-state index contributed by atoms with van der Waals surface area (Å²) in [5, 5.41) is 0.398. The van der Waals surface area contributed by atoms with Crippen LogP contribution in [-0.2, 0) is 13.6 Å². The second-order valence-corrected chi connectivity index (χ2v) is 9.24. The predicted octanol–water partition coefficient (Wildman–Crippen LogP) is 5.74. The fourth-order valence-corrected chi connectivity index (χ4v) is 5.94. The lowest BCUT2D eigenvalue weighted by atomic mass is 10.00. The first kappa shape index (κ1) is 23.0. The van der Waals surface area contributed by atoms with Gasteiger partial charge in [-0.15, -0.1) is 0 Å². The highest BCUT2D eigenvalue weighted by molar-refractivity contribution is 7.63. The molecule has 2 aromatic heterocycles. The van der Waals surface area contributed by atoms with Gasteiger partial charge in [0.2, 0.25) is 5.78 Å². The molecule has 0 atom stereocenters. The van der Waals surface area contributed by atoms with Crippen LogP contribution >= 0.6 is 7.60 Å². The van der Waals surface area contributed by atoms with E-state index in [-0.39, 0.29) is 19.0 Å². The van der Waals surface area contributed by atoms with E-state index in [9.17, 15) is 9.36 Å². The number of carbonyl (C=O) groups is 1. The first-order valence-corrected chi connectivity index (χ1v) is 12.3. The lowest BCUT2D eigenvalue weighted by molar-refractivity contribution is 0.103. The SMILES string of the molecule is CCOP(=O)(OCC)c1c(-c2ccccc2)c(C(=O)c2ccc(OC)cc2)n2ccccc12. The Kier molecular flexibility index (Phi) is 6.80. The fourth-order valence-electron chi connectivity index (χ4n) is 3.96. The van der Waals surface area contributed by atoms with Crippen LogP contribution in [0.1, 0.15) is 29.9 Å². The quantitative estimate of drug-likeness (QED) is 0.234. The van der Waals surface area contributed by atoms with Gasteiger partial charge in [0.25, 0.3) is 0 Å². The number of methoxy groups -OCH3 is 1. The second-order valence-electron chi connectivity index (χ2n) is 7.28. The Bertz CT molecular complexity index is 1300. The average Bonchev–Trinajstić information content (AvgIpc) is 3.20. The number of nitrogens with zero attached hydrogens (tertiary/aromatic N) is 1. The van der Waals surface area contributed by atoms with Crippen molar-refractivity contribution < 1.29 is 23.1 Å². The Morgan fingerprint density at radius 2 is 1.52 bits per heavy atom. The molecule has 0 bridgehead atoms. The van der Waals surface area contributed by atoms with Crippen molar-refractivity contribution in [1.29, 1.82) is 0 Å². The Labute approximate surface area is 193 Å². The average molecular weight is 463 g/mol. The lowest BCUT2D eigenvalue weighted by Gasteiger charge is -2.18. The van der Waals surface area contributed by atoms with E-state index in [1.807, 2.05) is 48.5 Å². The Morgan fingerprint density at radius 1 is 0.879 bits per heavy atom. The number of aromatic nitrogens is 1. The molecule has 2 heterocycles. The normalized spacial score (nSPS) is 11.6. The number of ether oxygens (including phenoxy) is 1. The van der Waals surface area contributed by atoms with Crippen molar-refractivity contribution in [3.05, 3.63) is 90.3 Å². The van der Waals surface area contributed by atoms with E-state index < -0.39 is 7.60 Å². The summed E-state index contributed by atoms with van der Waals surface area (Å²) in [7, 11) is -2.16. The maximum absolute atomic E-state index is 14.1. The van der Waals surface area contributed by atoms with Gasteiger partial charge < -0.3 is 18.2 Å². The minimum Gasteiger partial charge on any atom is -0.497 e. The highest BCUT2D eigenvalue weighted by Gasteiger charge is 2.37. The Balaban J connectivity index is 2.08. The molecule has 0 spiro atoms. The lowest BCUT2D eigenvalue weighted by Crippen LogP contribution is -2.13. The highest BCUT2D eigenvalue weighted by atomic mass is 31.2. The molecule has 6 nitrogen and oxygen atoms in total. The summed E-state index contributed by atoms with van der Waals surface area (Å²) in [5.41, 5.74) is 2.81. The van der Waals surface area contributed by atoms with Gasteiger partial charge in [-0.2, -0.15) is 0 Å². The molecule has 33 heavy (non-hydrogen) atoms. The number of hydrogen-bond acceptors (Lipinski definition) is 5. The number of ketones is 1. The number of hydrogen-bond donors (Lipinski definition) is 0. The van der Waals surface area contributed by atoms with Gasteiger partial charge in [-0.25, -0.2) is 0 Å². The van der Waals surface area contributed by atoms with Gasteiger partial charge in [-0.1, -0.05) is 36.4 Å². The van der Waals surface area contributed by atoms with Crippen LogP contribution in [0.15, 0.2) is 79.0 Å². The molecule has 170 valence electrons.